The molecular weight excluding hydrogens is 288 g/mol. The zero-order valence-corrected chi connectivity index (χ0v) is 12.3. The van der Waals surface area contributed by atoms with E-state index in [2.05, 4.69) is 11.9 Å². The maximum Gasteiger partial charge on any atom is 0.148 e. The average molecular weight is 303 g/mol. The lowest BCUT2D eigenvalue weighted by Gasteiger charge is -2.10. The second-order valence-electron chi connectivity index (χ2n) is 4.89. The van der Waals surface area contributed by atoms with Crippen molar-refractivity contribution in [1.29, 1.82) is 0 Å². The molecule has 0 aliphatic carbocycles. The summed E-state index contributed by atoms with van der Waals surface area (Å²) in [7, 11) is 0. The first kappa shape index (κ1) is 13.8. The van der Waals surface area contributed by atoms with Crippen LogP contribution >= 0.6 is 11.6 Å². The zero-order chi connectivity index (χ0) is 15.0. The summed E-state index contributed by atoms with van der Waals surface area (Å²) in [5.41, 5.74) is 2.02. The molecule has 0 atom stereocenters. The zero-order valence-electron chi connectivity index (χ0n) is 11.5. The Bertz CT molecular complexity index is 791. The molecule has 3 rings (SSSR count). The number of benzene rings is 2. The van der Waals surface area contributed by atoms with E-state index in [9.17, 15) is 10.2 Å². The van der Waals surface area contributed by atoms with Gasteiger partial charge in [-0.1, -0.05) is 24.6 Å². The van der Waals surface area contributed by atoms with Crippen molar-refractivity contribution in [2.75, 3.05) is 0 Å². The molecule has 108 valence electrons. The molecule has 0 unspecified atom stereocenters. The van der Waals surface area contributed by atoms with Gasteiger partial charge in [0.25, 0.3) is 0 Å². The van der Waals surface area contributed by atoms with Crippen molar-refractivity contribution in [1.82, 2.24) is 9.55 Å². The number of aryl methyl sites for hydroxylation is 1. The van der Waals surface area contributed by atoms with Gasteiger partial charge in [-0.05, 0) is 36.8 Å². The number of nitrogens with zero attached hydrogens (tertiary/aromatic N) is 2. The van der Waals surface area contributed by atoms with Crippen LogP contribution in [-0.2, 0) is 6.54 Å². The van der Waals surface area contributed by atoms with Gasteiger partial charge in [0.05, 0.1) is 11.0 Å². The molecule has 0 aliphatic heterocycles. The van der Waals surface area contributed by atoms with Gasteiger partial charge < -0.3 is 14.8 Å². The van der Waals surface area contributed by atoms with Crippen molar-refractivity contribution >= 4 is 22.6 Å². The Morgan fingerprint density at radius 1 is 1.14 bits per heavy atom. The number of imidazole rings is 1. The topological polar surface area (TPSA) is 58.3 Å². The second-order valence-corrected chi connectivity index (χ2v) is 5.33. The lowest BCUT2D eigenvalue weighted by Crippen LogP contribution is -2.00. The third-order valence-corrected chi connectivity index (χ3v) is 3.64. The highest BCUT2D eigenvalue weighted by molar-refractivity contribution is 6.31. The Kier molecular flexibility index (Phi) is 3.47. The summed E-state index contributed by atoms with van der Waals surface area (Å²) in [6, 6.07) is 10.1. The molecule has 0 fully saturated rings. The Labute approximate surface area is 127 Å². The van der Waals surface area contributed by atoms with E-state index in [1.54, 1.807) is 12.1 Å². The first-order valence-corrected chi connectivity index (χ1v) is 7.16. The van der Waals surface area contributed by atoms with Gasteiger partial charge in [0.15, 0.2) is 0 Å². The summed E-state index contributed by atoms with van der Waals surface area (Å²) in [5, 5.41) is 20.8. The first-order chi connectivity index (χ1) is 10.1. The van der Waals surface area contributed by atoms with Crippen LogP contribution in [0.3, 0.4) is 0 Å². The fraction of sp³-hybridized carbons (Fsp3) is 0.188. The molecule has 4 nitrogen and oxygen atoms in total. The number of rotatable bonds is 3. The minimum absolute atomic E-state index is 0.00811. The molecule has 0 amide bonds. The van der Waals surface area contributed by atoms with E-state index in [1.165, 1.54) is 12.1 Å². The third kappa shape index (κ3) is 2.32. The van der Waals surface area contributed by atoms with E-state index >= 15 is 0 Å². The molecule has 0 saturated carbocycles. The van der Waals surface area contributed by atoms with E-state index in [0.29, 0.717) is 16.4 Å². The smallest absolute Gasteiger partial charge is 0.148 e. The summed E-state index contributed by atoms with van der Waals surface area (Å²) in [6.07, 6.45) is 0.902. The Hall–Kier alpha value is -2.20. The van der Waals surface area contributed by atoms with Crippen LogP contribution in [0.4, 0.5) is 0 Å². The van der Waals surface area contributed by atoms with Crippen molar-refractivity contribution in [2.45, 2.75) is 19.9 Å². The van der Waals surface area contributed by atoms with Crippen LogP contribution < -0.4 is 0 Å². The number of aromatic nitrogens is 2. The van der Waals surface area contributed by atoms with Crippen molar-refractivity contribution in [2.24, 2.45) is 0 Å². The molecule has 0 bridgehead atoms. The van der Waals surface area contributed by atoms with Crippen molar-refractivity contribution < 1.29 is 10.2 Å². The Balaban J connectivity index is 2.34. The van der Waals surface area contributed by atoms with Gasteiger partial charge in [-0.15, -0.1) is 0 Å². The Morgan fingerprint density at radius 2 is 1.86 bits per heavy atom. The molecule has 1 aromatic heterocycles. The second kappa shape index (κ2) is 5.30. The van der Waals surface area contributed by atoms with Crippen LogP contribution in [0.25, 0.3) is 22.4 Å². The van der Waals surface area contributed by atoms with Gasteiger partial charge in [-0.3, -0.25) is 0 Å². The predicted octanol–water partition coefficient (Wildman–Crippen LogP) is 4.18. The lowest BCUT2D eigenvalue weighted by atomic mass is 10.1. The van der Waals surface area contributed by atoms with Crippen LogP contribution in [0.15, 0.2) is 36.4 Å². The van der Waals surface area contributed by atoms with Crippen LogP contribution in [0.1, 0.15) is 13.3 Å². The number of hydrogen-bond donors (Lipinski definition) is 2. The minimum Gasteiger partial charge on any atom is -0.507 e. The SMILES string of the molecule is CCCn1c(-c2c(O)cccc2O)nc2ccc(Cl)cc21. The fourth-order valence-corrected chi connectivity index (χ4v) is 2.66. The fourth-order valence-electron chi connectivity index (χ4n) is 2.49. The Morgan fingerprint density at radius 3 is 2.52 bits per heavy atom. The largest absolute Gasteiger partial charge is 0.507 e. The predicted molar refractivity (Wildman–Crippen MR) is 83.8 cm³/mol. The minimum atomic E-state index is 0.00811. The number of fused-ring (bicyclic) bond motifs is 1. The molecule has 5 heteroatoms. The monoisotopic (exact) mass is 302 g/mol. The number of halogens is 1. The lowest BCUT2D eigenvalue weighted by molar-refractivity contribution is 0.452. The molecule has 0 aliphatic rings. The molecule has 2 aromatic carbocycles. The van der Waals surface area contributed by atoms with E-state index in [1.807, 2.05) is 16.7 Å². The highest BCUT2D eigenvalue weighted by Crippen LogP contribution is 2.38. The molecule has 21 heavy (non-hydrogen) atoms. The molecule has 2 N–H and O–H groups in total. The van der Waals surface area contributed by atoms with Gasteiger partial charge in [-0.25, -0.2) is 4.98 Å². The first-order valence-electron chi connectivity index (χ1n) is 6.79. The van der Waals surface area contributed by atoms with E-state index in [0.717, 1.165) is 24.0 Å². The van der Waals surface area contributed by atoms with Gasteiger partial charge in [0.2, 0.25) is 0 Å². The average Bonchev–Trinajstić information content (AvgIpc) is 2.78. The summed E-state index contributed by atoms with van der Waals surface area (Å²) in [4.78, 5) is 4.55. The molecule has 0 saturated heterocycles. The molecule has 3 aromatic rings. The van der Waals surface area contributed by atoms with E-state index in [4.69, 9.17) is 11.6 Å². The number of phenolic OH excluding ortho intramolecular Hbond substituents is 2. The van der Waals surface area contributed by atoms with Crippen LogP contribution in [-0.4, -0.2) is 19.8 Å². The summed E-state index contributed by atoms with van der Waals surface area (Å²) in [6.45, 7) is 2.78. The number of phenols is 2. The summed E-state index contributed by atoms with van der Waals surface area (Å²) < 4.78 is 1.97. The maximum absolute atomic E-state index is 10.1. The molecule has 0 spiro atoms. The van der Waals surface area contributed by atoms with E-state index < -0.39 is 0 Å². The maximum atomic E-state index is 10.1. The summed E-state index contributed by atoms with van der Waals surface area (Å²) in [5.74, 6) is 0.562. The standard InChI is InChI=1S/C16H15ClN2O2/c1-2-8-19-12-9-10(17)6-7-11(12)18-16(19)15-13(20)4-3-5-14(15)21/h3-7,9,20-21H,2,8H2,1H3. The van der Waals surface area contributed by atoms with Crippen LogP contribution in [0, 0.1) is 0 Å². The van der Waals surface area contributed by atoms with Gasteiger partial charge in [0, 0.05) is 11.6 Å². The van der Waals surface area contributed by atoms with Crippen molar-refractivity contribution in [3.8, 4) is 22.9 Å². The molecular formula is C16H15ClN2O2. The number of aromatic hydroxyl groups is 2. The quantitative estimate of drug-likeness (QED) is 0.763. The van der Waals surface area contributed by atoms with Crippen LogP contribution in [0.5, 0.6) is 11.5 Å². The van der Waals surface area contributed by atoms with Crippen LogP contribution in [0.2, 0.25) is 5.02 Å². The van der Waals surface area contributed by atoms with E-state index in [-0.39, 0.29) is 11.5 Å². The normalized spacial score (nSPS) is 11.1. The summed E-state index contributed by atoms with van der Waals surface area (Å²) >= 11 is 6.07. The van der Waals surface area contributed by atoms with Crippen molar-refractivity contribution in [3.63, 3.8) is 0 Å². The van der Waals surface area contributed by atoms with Gasteiger partial charge in [-0.2, -0.15) is 0 Å². The highest BCUT2D eigenvalue weighted by Gasteiger charge is 2.18. The van der Waals surface area contributed by atoms with Crippen molar-refractivity contribution in [3.05, 3.63) is 41.4 Å². The molecule has 0 radical (unpaired) electrons. The number of hydrogen-bond acceptors (Lipinski definition) is 3. The highest BCUT2D eigenvalue weighted by atomic mass is 35.5. The van der Waals surface area contributed by atoms with Gasteiger partial charge in [0.1, 0.15) is 22.9 Å². The molecule has 1 heterocycles. The van der Waals surface area contributed by atoms with Gasteiger partial charge >= 0.3 is 0 Å². The third-order valence-electron chi connectivity index (χ3n) is 3.40.